The monoisotopic (exact) mass is 249 g/mol. The number of hydrogen-bond acceptors (Lipinski definition) is 4. The lowest BCUT2D eigenvalue weighted by atomic mass is 10.0. The molecule has 0 aromatic heterocycles. The first-order chi connectivity index (χ1) is 7.59. The fourth-order valence-corrected chi connectivity index (χ4v) is 3.93. The van der Waals surface area contributed by atoms with Gasteiger partial charge in [-0.15, -0.1) is 0 Å². The lowest BCUT2D eigenvalue weighted by Gasteiger charge is -2.21. The van der Waals surface area contributed by atoms with Gasteiger partial charge in [-0.25, -0.2) is 8.42 Å². The number of unbranched alkanes of at least 4 members (excludes halogenated alkanes) is 1. The molecular weight excluding hydrogens is 226 g/mol. The highest BCUT2D eigenvalue weighted by molar-refractivity contribution is 7.91. The average molecular weight is 249 g/mol. The summed E-state index contributed by atoms with van der Waals surface area (Å²) >= 11 is 0. The maximum atomic E-state index is 11.8. The van der Waals surface area contributed by atoms with Crippen molar-refractivity contribution in [1.82, 2.24) is 5.32 Å². The first-order valence-corrected chi connectivity index (χ1v) is 7.86. The van der Waals surface area contributed by atoms with E-state index >= 15 is 0 Å². The van der Waals surface area contributed by atoms with Gasteiger partial charge in [0, 0.05) is 18.6 Å². The summed E-state index contributed by atoms with van der Waals surface area (Å²) in [7, 11) is -1.08. The smallest absolute Gasteiger partial charge is 0.151 e. The fourth-order valence-electron chi connectivity index (χ4n) is 2.05. The van der Waals surface area contributed by atoms with Crippen LogP contribution in [0.5, 0.6) is 0 Å². The SMILES string of the molecule is CCCCS(=O)(=O)CC(NC)C1CCOC1. The zero-order valence-electron chi connectivity index (χ0n) is 10.2. The minimum atomic E-state index is -2.91. The molecule has 1 aliphatic rings. The Kier molecular flexibility index (Phi) is 5.72. The Morgan fingerprint density at radius 3 is 2.75 bits per heavy atom. The molecule has 1 heterocycles. The molecule has 0 aromatic carbocycles. The van der Waals surface area contributed by atoms with E-state index in [4.69, 9.17) is 4.74 Å². The third-order valence-electron chi connectivity index (χ3n) is 3.15. The quantitative estimate of drug-likeness (QED) is 0.726. The van der Waals surface area contributed by atoms with Crippen LogP contribution < -0.4 is 5.32 Å². The van der Waals surface area contributed by atoms with Crippen molar-refractivity contribution in [1.29, 1.82) is 0 Å². The molecule has 2 atom stereocenters. The molecule has 2 unspecified atom stereocenters. The van der Waals surface area contributed by atoms with Gasteiger partial charge in [0.15, 0.2) is 9.84 Å². The molecule has 4 nitrogen and oxygen atoms in total. The van der Waals surface area contributed by atoms with Crippen molar-refractivity contribution < 1.29 is 13.2 Å². The van der Waals surface area contributed by atoms with E-state index < -0.39 is 9.84 Å². The molecule has 0 aliphatic carbocycles. The number of nitrogens with one attached hydrogen (secondary N) is 1. The Labute approximate surface area is 98.7 Å². The van der Waals surface area contributed by atoms with Gasteiger partial charge in [0.1, 0.15) is 0 Å². The number of sulfone groups is 1. The topological polar surface area (TPSA) is 55.4 Å². The van der Waals surface area contributed by atoms with E-state index in [1.165, 1.54) is 0 Å². The summed E-state index contributed by atoms with van der Waals surface area (Å²) in [6.07, 6.45) is 2.66. The highest BCUT2D eigenvalue weighted by atomic mass is 32.2. The molecule has 0 amide bonds. The second-order valence-corrected chi connectivity index (χ2v) is 6.72. The van der Waals surface area contributed by atoms with Gasteiger partial charge < -0.3 is 10.1 Å². The lowest BCUT2D eigenvalue weighted by Crippen LogP contribution is -2.40. The predicted molar refractivity (Wildman–Crippen MR) is 65.3 cm³/mol. The lowest BCUT2D eigenvalue weighted by molar-refractivity contribution is 0.179. The minimum absolute atomic E-state index is 0.0457. The van der Waals surface area contributed by atoms with Gasteiger partial charge in [0.25, 0.3) is 0 Å². The van der Waals surface area contributed by atoms with Gasteiger partial charge >= 0.3 is 0 Å². The predicted octanol–water partition coefficient (Wildman–Crippen LogP) is 0.826. The zero-order chi connectivity index (χ0) is 12.0. The van der Waals surface area contributed by atoms with Gasteiger partial charge in [-0.05, 0) is 19.9 Å². The molecule has 0 spiro atoms. The van der Waals surface area contributed by atoms with Crippen LogP contribution in [0.3, 0.4) is 0 Å². The van der Waals surface area contributed by atoms with Crippen molar-refractivity contribution in [3.8, 4) is 0 Å². The zero-order valence-corrected chi connectivity index (χ0v) is 11.1. The van der Waals surface area contributed by atoms with Crippen LogP contribution >= 0.6 is 0 Å². The highest BCUT2D eigenvalue weighted by Gasteiger charge is 2.28. The van der Waals surface area contributed by atoms with Crippen LogP contribution in [-0.4, -0.2) is 46.2 Å². The number of rotatable bonds is 7. The Morgan fingerprint density at radius 1 is 1.50 bits per heavy atom. The Morgan fingerprint density at radius 2 is 2.25 bits per heavy atom. The van der Waals surface area contributed by atoms with Crippen molar-refractivity contribution in [2.45, 2.75) is 32.2 Å². The molecule has 5 heteroatoms. The van der Waals surface area contributed by atoms with E-state index in [-0.39, 0.29) is 11.8 Å². The summed E-state index contributed by atoms with van der Waals surface area (Å²) in [5.41, 5.74) is 0. The van der Waals surface area contributed by atoms with E-state index in [9.17, 15) is 8.42 Å². The normalized spacial score (nSPS) is 23.5. The maximum absolute atomic E-state index is 11.8. The van der Waals surface area contributed by atoms with E-state index in [1.54, 1.807) is 0 Å². The van der Waals surface area contributed by atoms with E-state index in [0.29, 0.717) is 18.3 Å². The fraction of sp³-hybridized carbons (Fsp3) is 1.00. The van der Waals surface area contributed by atoms with Gasteiger partial charge in [0.2, 0.25) is 0 Å². The number of ether oxygens (including phenoxy) is 1. The van der Waals surface area contributed by atoms with Crippen LogP contribution in [0.25, 0.3) is 0 Å². The molecule has 1 aliphatic heterocycles. The molecule has 1 fully saturated rings. The Bertz CT molecular complexity index is 284. The second-order valence-electron chi connectivity index (χ2n) is 4.49. The minimum Gasteiger partial charge on any atom is -0.381 e. The van der Waals surface area contributed by atoms with Crippen LogP contribution in [0, 0.1) is 5.92 Å². The summed E-state index contributed by atoms with van der Waals surface area (Å²) in [5, 5.41) is 3.12. The van der Waals surface area contributed by atoms with Crippen LogP contribution in [-0.2, 0) is 14.6 Å². The van der Waals surface area contributed by atoms with Crippen molar-refractivity contribution in [2.24, 2.45) is 5.92 Å². The van der Waals surface area contributed by atoms with E-state index in [1.807, 2.05) is 14.0 Å². The maximum Gasteiger partial charge on any atom is 0.151 e. The average Bonchev–Trinajstić information content (AvgIpc) is 2.76. The Balaban J connectivity index is 2.48. The molecule has 1 N–H and O–H groups in total. The van der Waals surface area contributed by atoms with Gasteiger partial charge in [-0.2, -0.15) is 0 Å². The molecule has 96 valence electrons. The van der Waals surface area contributed by atoms with Crippen LogP contribution in [0.4, 0.5) is 0 Å². The Hall–Kier alpha value is -0.130. The molecule has 0 saturated carbocycles. The van der Waals surface area contributed by atoms with Gasteiger partial charge in [-0.1, -0.05) is 13.3 Å². The molecule has 0 bridgehead atoms. The molecule has 1 saturated heterocycles. The van der Waals surface area contributed by atoms with Crippen molar-refractivity contribution >= 4 is 9.84 Å². The van der Waals surface area contributed by atoms with Crippen molar-refractivity contribution in [3.05, 3.63) is 0 Å². The van der Waals surface area contributed by atoms with Crippen LogP contribution in [0.2, 0.25) is 0 Å². The summed E-state index contributed by atoms with van der Waals surface area (Å²) in [6, 6.07) is 0.0457. The largest absolute Gasteiger partial charge is 0.381 e. The summed E-state index contributed by atoms with van der Waals surface area (Å²) in [4.78, 5) is 0. The molecule has 16 heavy (non-hydrogen) atoms. The molecular formula is C11H23NO3S. The van der Waals surface area contributed by atoms with Gasteiger partial charge in [-0.3, -0.25) is 0 Å². The third-order valence-corrected chi connectivity index (χ3v) is 4.92. The van der Waals surface area contributed by atoms with Crippen LogP contribution in [0.15, 0.2) is 0 Å². The summed E-state index contributed by atoms with van der Waals surface area (Å²) in [5.74, 6) is 0.911. The first-order valence-electron chi connectivity index (χ1n) is 6.04. The molecule has 0 radical (unpaired) electrons. The van der Waals surface area contributed by atoms with E-state index in [0.717, 1.165) is 25.9 Å². The van der Waals surface area contributed by atoms with Gasteiger partial charge in [0.05, 0.1) is 18.1 Å². The standard InChI is InChI=1S/C11H23NO3S/c1-3-4-7-16(13,14)9-11(12-2)10-5-6-15-8-10/h10-12H,3-9H2,1-2H3. The summed E-state index contributed by atoms with van der Waals surface area (Å²) in [6.45, 7) is 3.46. The molecule has 0 aromatic rings. The first kappa shape index (κ1) is 13.9. The molecule has 1 rings (SSSR count). The van der Waals surface area contributed by atoms with Crippen LogP contribution in [0.1, 0.15) is 26.2 Å². The number of hydrogen-bond donors (Lipinski definition) is 1. The van der Waals surface area contributed by atoms with Crippen molar-refractivity contribution in [2.75, 3.05) is 31.8 Å². The third kappa shape index (κ3) is 4.39. The van der Waals surface area contributed by atoms with E-state index in [2.05, 4.69) is 5.32 Å². The highest BCUT2D eigenvalue weighted by Crippen LogP contribution is 2.18. The van der Waals surface area contributed by atoms with Crippen molar-refractivity contribution in [3.63, 3.8) is 0 Å². The summed E-state index contributed by atoms with van der Waals surface area (Å²) < 4.78 is 29.0. The second kappa shape index (κ2) is 6.57.